The van der Waals surface area contributed by atoms with E-state index in [1.54, 1.807) is 7.11 Å². The van der Waals surface area contributed by atoms with Crippen LogP contribution in [0.25, 0.3) is 0 Å². The van der Waals surface area contributed by atoms with Gasteiger partial charge in [0.15, 0.2) is 13.9 Å². The maximum absolute atomic E-state index is 12.5. The van der Waals surface area contributed by atoms with Gasteiger partial charge in [-0.15, -0.1) is 0 Å². The second kappa shape index (κ2) is 13.5. The second-order valence-corrected chi connectivity index (χ2v) is 17.3. The zero-order chi connectivity index (χ0) is 28.7. The van der Waals surface area contributed by atoms with Crippen molar-refractivity contribution in [2.75, 3.05) is 13.7 Å². The Morgan fingerprint density at radius 3 is 2.44 bits per heavy atom. The Morgan fingerprint density at radius 1 is 1.10 bits per heavy atom. The maximum Gasteiger partial charge on any atom is 0.303 e. The summed E-state index contributed by atoms with van der Waals surface area (Å²) in [6.07, 6.45) is 16.3. The lowest BCUT2D eigenvalue weighted by molar-refractivity contribution is -0.159. The minimum atomic E-state index is -2.17. The summed E-state index contributed by atoms with van der Waals surface area (Å²) in [5.41, 5.74) is 1.36. The van der Waals surface area contributed by atoms with Gasteiger partial charge in [0.25, 0.3) is 0 Å². The molecule has 0 fully saturated rings. The lowest BCUT2D eigenvalue weighted by atomic mass is 9.78. The number of carbonyl (C=O) groups is 1. The summed E-state index contributed by atoms with van der Waals surface area (Å²) in [5.74, 6) is 0.760. The van der Waals surface area contributed by atoms with E-state index in [0.717, 1.165) is 29.7 Å². The molecular weight excluding hydrogens is 504 g/mol. The Balaban J connectivity index is 1.85. The van der Waals surface area contributed by atoms with E-state index in [4.69, 9.17) is 18.6 Å². The number of allylic oxidation sites excluding steroid dienone is 2. The zero-order valence-corrected chi connectivity index (χ0v) is 26.4. The van der Waals surface area contributed by atoms with Crippen LogP contribution in [0.4, 0.5) is 0 Å². The normalized spacial score (nSPS) is 24.7. The molecule has 0 heterocycles. The van der Waals surface area contributed by atoms with Crippen LogP contribution in [0, 0.1) is 11.8 Å². The topological polar surface area (TPSA) is 54.0 Å². The van der Waals surface area contributed by atoms with Crippen LogP contribution in [-0.4, -0.2) is 39.7 Å². The highest BCUT2D eigenvalue weighted by molar-refractivity contribution is 6.74. The third-order valence-corrected chi connectivity index (χ3v) is 13.0. The standard InChI is InChI=1S/C33H50O5Si/c1-9-10-11-12-13-14-15-28-22-30-27(24-36-23-26-16-18-29(35-6)19-17-26)20-21-33(28,37-25(2)34)31(30)38-39(7,8)32(3,4)5/h13-14,16-22,27,30-31H,9-12,15,23-24H2,1-8H3/b14-13-/t27-,30+,31?,33-/m0/s1. The van der Waals surface area contributed by atoms with Crippen molar-refractivity contribution in [1.82, 2.24) is 0 Å². The van der Waals surface area contributed by atoms with Crippen molar-refractivity contribution in [3.63, 3.8) is 0 Å². The van der Waals surface area contributed by atoms with Crippen molar-refractivity contribution < 1.29 is 23.4 Å². The first-order valence-corrected chi connectivity index (χ1v) is 17.5. The second-order valence-electron chi connectivity index (χ2n) is 12.5. The summed E-state index contributed by atoms with van der Waals surface area (Å²) in [5, 5.41) is 0.0325. The van der Waals surface area contributed by atoms with Gasteiger partial charge in [0, 0.05) is 18.8 Å². The summed E-state index contributed by atoms with van der Waals surface area (Å²) in [6, 6.07) is 7.98. The van der Waals surface area contributed by atoms with E-state index in [1.807, 2.05) is 24.3 Å². The smallest absolute Gasteiger partial charge is 0.303 e. The number of carbonyl (C=O) groups excluding carboxylic acids is 1. The Morgan fingerprint density at radius 2 is 1.82 bits per heavy atom. The third kappa shape index (κ3) is 7.74. The number of hydrogen-bond acceptors (Lipinski definition) is 5. The highest BCUT2D eigenvalue weighted by atomic mass is 28.4. The number of fused-ring (bicyclic) bond motifs is 2. The Labute approximate surface area is 237 Å². The van der Waals surface area contributed by atoms with Crippen molar-refractivity contribution in [3.8, 4) is 5.75 Å². The highest BCUT2D eigenvalue weighted by Crippen LogP contribution is 2.52. The van der Waals surface area contributed by atoms with E-state index in [-0.39, 0.29) is 28.9 Å². The molecule has 0 saturated heterocycles. The highest BCUT2D eigenvalue weighted by Gasteiger charge is 2.58. The molecule has 2 bridgehead atoms. The first-order valence-electron chi connectivity index (χ1n) is 14.6. The molecule has 216 valence electrons. The van der Waals surface area contributed by atoms with Crippen LogP contribution >= 0.6 is 0 Å². The van der Waals surface area contributed by atoms with Gasteiger partial charge in [-0.1, -0.05) is 77.0 Å². The zero-order valence-electron chi connectivity index (χ0n) is 25.4. The average Bonchev–Trinajstić information content (AvgIpc) is 3.04. The van der Waals surface area contributed by atoms with Crippen LogP contribution in [0.15, 0.2) is 60.2 Å². The largest absolute Gasteiger partial charge is 0.497 e. The van der Waals surface area contributed by atoms with Crippen LogP contribution in [0.5, 0.6) is 5.75 Å². The van der Waals surface area contributed by atoms with E-state index in [0.29, 0.717) is 13.2 Å². The average molecular weight is 555 g/mol. The number of unbranched alkanes of at least 4 members (excludes halogenated alkanes) is 3. The molecule has 0 amide bonds. The predicted octanol–water partition coefficient (Wildman–Crippen LogP) is 8.17. The fourth-order valence-electron chi connectivity index (χ4n) is 5.19. The third-order valence-electron chi connectivity index (χ3n) is 8.51. The van der Waals surface area contributed by atoms with E-state index in [1.165, 1.54) is 26.2 Å². The summed E-state index contributed by atoms with van der Waals surface area (Å²) in [4.78, 5) is 12.5. The molecule has 0 spiro atoms. The van der Waals surface area contributed by atoms with Crippen molar-refractivity contribution >= 4 is 14.3 Å². The maximum atomic E-state index is 12.5. The van der Waals surface area contributed by atoms with Gasteiger partial charge in [-0.25, -0.2) is 0 Å². The summed E-state index contributed by atoms with van der Waals surface area (Å²) in [7, 11) is -0.497. The lowest BCUT2D eigenvalue weighted by Crippen LogP contribution is -2.56. The van der Waals surface area contributed by atoms with Gasteiger partial charge in [-0.05, 0) is 66.7 Å². The van der Waals surface area contributed by atoms with E-state index >= 15 is 0 Å². The molecule has 39 heavy (non-hydrogen) atoms. The number of hydrogen-bond donors (Lipinski definition) is 0. The molecule has 0 aliphatic heterocycles. The van der Waals surface area contributed by atoms with Gasteiger partial charge in [-0.2, -0.15) is 0 Å². The molecule has 0 radical (unpaired) electrons. The minimum Gasteiger partial charge on any atom is -0.497 e. The number of esters is 1. The monoisotopic (exact) mass is 554 g/mol. The lowest BCUT2D eigenvalue weighted by Gasteiger charge is -2.47. The molecule has 0 saturated carbocycles. The van der Waals surface area contributed by atoms with Crippen molar-refractivity contribution in [2.45, 2.75) is 103 Å². The van der Waals surface area contributed by atoms with E-state index < -0.39 is 13.9 Å². The van der Waals surface area contributed by atoms with Crippen LogP contribution in [0.3, 0.4) is 0 Å². The summed E-state index contributed by atoms with van der Waals surface area (Å²) in [6.45, 7) is 16.1. The van der Waals surface area contributed by atoms with Crippen molar-refractivity contribution in [2.24, 2.45) is 11.8 Å². The fourth-order valence-corrected chi connectivity index (χ4v) is 6.51. The van der Waals surface area contributed by atoms with E-state index in [2.05, 4.69) is 71.2 Å². The summed E-state index contributed by atoms with van der Waals surface area (Å²) < 4.78 is 24.8. The van der Waals surface area contributed by atoms with Gasteiger partial charge in [0.2, 0.25) is 0 Å². The molecule has 0 aromatic heterocycles. The molecule has 5 nitrogen and oxygen atoms in total. The minimum absolute atomic E-state index is 0.0325. The Kier molecular flexibility index (Phi) is 10.8. The van der Waals surface area contributed by atoms with Gasteiger partial charge in [0.05, 0.1) is 26.4 Å². The van der Waals surface area contributed by atoms with Crippen LogP contribution in [0.1, 0.15) is 72.3 Å². The van der Waals surface area contributed by atoms with Crippen LogP contribution in [0.2, 0.25) is 18.1 Å². The molecule has 4 atom stereocenters. The molecule has 1 unspecified atom stereocenters. The van der Waals surface area contributed by atoms with E-state index in [9.17, 15) is 4.79 Å². The van der Waals surface area contributed by atoms with Crippen molar-refractivity contribution in [1.29, 1.82) is 0 Å². The van der Waals surface area contributed by atoms with Gasteiger partial charge >= 0.3 is 5.97 Å². The Bertz CT molecular complexity index is 1030. The molecule has 0 N–H and O–H groups in total. The number of methoxy groups -OCH3 is 1. The van der Waals surface area contributed by atoms with Crippen molar-refractivity contribution in [3.05, 3.63) is 65.8 Å². The quantitative estimate of drug-likeness (QED) is 0.100. The van der Waals surface area contributed by atoms with Gasteiger partial charge in [-0.3, -0.25) is 4.79 Å². The molecule has 2 aliphatic carbocycles. The van der Waals surface area contributed by atoms with Crippen LogP contribution < -0.4 is 4.74 Å². The molecule has 2 aliphatic rings. The Hall–Kier alpha value is -2.15. The predicted molar refractivity (Wildman–Crippen MR) is 161 cm³/mol. The molecule has 3 rings (SSSR count). The summed E-state index contributed by atoms with van der Waals surface area (Å²) >= 11 is 0. The number of benzene rings is 1. The molecule has 1 aromatic rings. The number of rotatable bonds is 14. The molecule has 6 heteroatoms. The SMILES string of the molecule is CCCCC/C=C\CC1=C[C@H]2C(O[Si](C)(C)C(C)(C)C)[C@]1(OC(C)=O)C=C[C@H]2COCc1ccc(OC)cc1. The molecular formula is C33H50O5Si. The first kappa shape index (κ1) is 31.4. The fraction of sp³-hybridized carbons (Fsp3) is 0.606. The number of ether oxygens (including phenoxy) is 3. The van der Waals surface area contributed by atoms with Gasteiger partial charge < -0.3 is 18.6 Å². The molecule has 1 aromatic carbocycles. The van der Waals surface area contributed by atoms with Gasteiger partial charge in [0.1, 0.15) is 5.75 Å². The first-order chi connectivity index (χ1) is 18.4. The van der Waals surface area contributed by atoms with Crippen LogP contribution in [-0.2, 0) is 25.3 Å².